The van der Waals surface area contributed by atoms with Crippen LogP contribution in [0.25, 0.3) is 6.08 Å². The molecule has 1 fully saturated rings. The lowest BCUT2D eigenvalue weighted by atomic mass is 10.1. The molecule has 9 nitrogen and oxygen atoms in total. The fraction of sp³-hybridized carbons (Fsp3) is 0.143. The summed E-state index contributed by atoms with van der Waals surface area (Å²) in [6.07, 6.45) is 1.30. The van der Waals surface area contributed by atoms with Crippen molar-refractivity contribution in [2.75, 3.05) is 18.1 Å². The van der Waals surface area contributed by atoms with E-state index in [1.807, 2.05) is 6.92 Å². The summed E-state index contributed by atoms with van der Waals surface area (Å²) >= 11 is 0. The van der Waals surface area contributed by atoms with E-state index in [4.69, 9.17) is 14.6 Å². The second kappa shape index (κ2) is 8.91. The van der Waals surface area contributed by atoms with Gasteiger partial charge in [0, 0.05) is 0 Å². The largest absolute Gasteiger partial charge is 0.494 e. The van der Waals surface area contributed by atoms with Crippen molar-refractivity contribution in [3.63, 3.8) is 0 Å². The maximum atomic E-state index is 12.9. The molecule has 30 heavy (non-hydrogen) atoms. The number of hydrogen-bond acceptors (Lipinski definition) is 6. The normalized spacial score (nSPS) is 15.2. The highest BCUT2D eigenvalue weighted by molar-refractivity contribution is 6.39. The van der Waals surface area contributed by atoms with Gasteiger partial charge < -0.3 is 14.6 Å². The highest BCUT2D eigenvalue weighted by Gasteiger charge is 2.36. The van der Waals surface area contributed by atoms with E-state index < -0.39 is 30.4 Å². The van der Waals surface area contributed by atoms with E-state index in [1.165, 1.54) is 24.3 Å². The van der Waals surface area contributed by atoms with Crippen molar-refractivity contribution in [1.29, 1.82) is 0 Å². The Balaban J connectivity index is 1.88. The fourth-order valence-electron chi connectivity index (χ4n) is 2.76. The molecule has 9 heteroatoms. The Morgan fingerprint density at radius 1 is 1.07 bits per heavy atom. The third kappa shape index (κ3) is 4.64. The van der Waals surface area contributed by atoms with Crippen LogP contribution in [0.4, 0.5) is 10.5 Å². The molecule has 0 aromatic heterocycles. The Hall–Kier alpha value is -4.14. The van der Waals surface area contributed by atoms with Gasteiger partial charge in [0.25, 0.3) is 11.8 Å². The van der Waals surface area contributed by atoms with Crippen LogP contribution in [0.1, 0.15) is 12.5 Å². The van der Waals surface area contributed by atoms with Gasteiger partial charge in [-0.1, -0.05) is 12.1 Å². The molecule has 154 valence electrons. The Morgan fingerprint density at radius 2 is 1.80 bits per heavy atom. The molecular formula is C21H18N2O7. The lowest BCUT2D eigenvalue weighted by Crippen LogP contribution is -2.54. The Labute approximate surface area is 171 Å². The molecule has 0 aliphatic carbocycles. The predicted octanol–water partition coefficient (Wildman–Crippen LogP) is 2.22. The number of carboxylic acids is 1. The summed E-state index contributed by atoms with van der Waals surface area (Å²) in [6.45, 7) is 1.78. The van der Waals surface area contributed by atoms with E-state index in [-0.39, 0.29) is 17.0 Å². The van der Waals surface area contributed by atoms with Crippen molar-refractivity contribution in [1.82, 2.24) is 5.32 Å². The summed E-state index contributed by atoms with van der Waals surface area (Å²) in [5.74, 6) is -1.91. The lowest BCUT2D eigenvalue weighted by Gasteiger charge is -2.26. The van der Waals surface area contributed by atoms with E-state index in [0.29, 0.717) is 17.9 Å². The van der Waals surface area contributed by atoms with Crippen LogP contribution in [0.15, 0.2) is 54.1 Å². The molecule has 0 radical (unpaired) electrons. The predicted molar refractivity (Wildman–Crippen MR) is 106 cm³/mol. The van der Waals surface area contributed by atoms with Gasteiger partial charge in [0.05, 0.1) is 12.3 Å². The van der Waals surface area contributed by atoms with Crippen LogP contribution in [0.5, 0.6) is 11.5 Å². The highest BCUT2D eigenvalue weighted by atomic mass is 16.5. The van der Waals surface area contributed by atoms with Crippen LogP contribution in [-0.4, -0.2) is 42.1 Å². The molecule has 3 rings (SSSR count). The average Bonchev–Trinajstić information content (AvgIpc) is 2.71. The number of ether oxygens (including phenoxy) is 2. The summed E-state index contributed by atoms with van der Waals surface area (Å²) in [4.78, 5) is 48.9. The monoisotopic (exact) mass is 410 g/mol. The van der Waals surface area contributed by atoms with E-state index in [0.717, 1.165) is 4.90 Å². The maximum absolute atomic E-state index is 12.9. The summed E-state index contributed by atoms with van der Waals surface area (Å²) < 4.78 is 10.4. The molecule has 0 unspecified atom stereocenters. The van der Waals surface area contributed by atoms with E-state index in [2.05, 4.69) is 5.32 Å². The molecule has 0 spiro atoms. The number of barbiturate groups is 1. The number of aliphatic carboxylic acids is 1. The summed E-state index contributed by atoms with van der Waals surface area (Å²) in [7, 11) is 0. The topological polar surface area (TPSA) is 122 Å². The SMILES string of the molecule is CCOc1ccc(N2C(=O)NC(=O)/C(=C/c3cccc(OCC(=O)O)c3)C2=O)cc1. The molecule has 2 N–H and O–H groups in total. The third-order valence-corrected chi connectivity index (χ3v) is 4.04. The summed E-state index contributed by atoms with van der Waals surface area (Å²) in [5.41, 5.74) is 0.453. The van der Waals surface area contributed by atoms with Gasteiger partial charge in [0.1, 0.15) is 17.1 Å². The number of amides is 4. The average molecular weight is 410 g/mol. The van der Waals surface area contributed by atoms with Crippen LogP contribution in [0, 0.1) is 0 Å². The van der Waals surface area contributed by atoms with Gasteiger partial charge in [0.2, 0.25) is 0 Å². The lowest BCUT2D eigenvalue weighted by molar-refractivity contribution is -0.139. The van der Waals surface area contributed by atoms with Crippen LogP contribution < -0.4 is 19.7 Å². The van der Waals surface area contributed by atoms with Crippen molar-refractivity contribution < 1.29 is 33.8 Å². The number of anilines is 1. The summed E-state index contributed by atoms with van der Waals surface area (Å²) in [6, 6.07) is 11.7. The summed E-state index contributed by atoms with van der Waals surface area (Å²) in [5, 5.41) is 10.8. The quantitative estimate of drug-likeness (QED) is 0.530. The third-order valence-electron chi connectivity index (χ3n) is 4.04. The van der Waals surface area contributed by atoms with Gasteiger partial charge in [0.15, 0.2) is 6.61 Å². The zero-order valence-corrected chi connectivity index (χ0v) is 16.0. The molecule has 1 aliphatic rings. The highest BCUT2D eigenvalue weighted by Crippen LogP contribution is 2.25. The molecule has 0 atom stereocenters. The molecular weight excluding hydrogens is 392 g/mol. The molecule has 1 aliphatic heterocycles. The Bertz CT molecular complexity index is 1030. The second-order valence-corrected chi connectivity index (χ2v) is 6.14. The Morgan fingerprint density at radius 3 is 2.47 bits per heavy atom. The number of imide groups is 2. The number of benzene rings is 2. The van der Waals surface area contributed by atoms with E-state index in [1.54, 1.807) is 30.3 Å². The zero-order valence-electron chi connectivity index (χ0n) is 16.0. The van der Waals surface area contributed by atoms with Crippen molar-refractivity contribution in [3.05, 3.63) is 59.7 Å². The number of urea groups is 1. The number of nitrogens with one attached hydrogen (secondary N) is 1. The number of hydrogen-bond donors (Lipinski definition) is 2. The van der Waals surface area contributed by atoms with Crippen LogP contribution in [0.3, 0.4) is 0 Å². The smallest absolute Gasteiger partial charge is 0.341 e. The van der Waals surface area contributed by atoms with Crippen molar-refractivity contribution in [2.45, 2.75) is 6.92 Å². The zero-order chi connectivity index (χ0) is 21.7. The van der Waals surface area contributed by atoms with Crippen molar-refractivity contribution in [2.24, 2.45) is 0 Å². The molecule has 2 aromatic carbocycles. The minimum Gasteiger partial charge on any atom is -0.494 e. The molecule has 4 amide bonds. The van der Waals surface area contributed by atoms with Crippen molar-refractivity contribution in [3.8, 4) is 11.5 Å². The number of carbonyl (C=O) groups is 4. The van der Waals surface area contributed by atoms with E-state index in [9.17, 15) is 19.2 Å². The second-order valence-electron chi connectivity index (χ2n) is 6.14. The first-order valence-corrected chi connectivity index (χ1v) is 8.98. The van der Waals surface area contributed by atoms with Crippen molar-refractivity contribution >= 4 is 35.6 Å². The molecule has 1 saturated heterocycles. The first-order valence-electron chi connectivity index (χ1n) is 8.98. The van der Waals surface area contributed by atoms with Gasteiger partial charge >= 0.3 is 12.0 Å². The van der Waals surface area contributed by atoms with Gasteiger partial charge in [-0.25, -0.2) is 14.5 Å². The van der Waals surface area contributed by atoms with Gasteiger partial charge in [-0.15, -0.1) is 0 Å². The van der Waals surface area contributed by atoms with Crippen LogP contribution in [0.2, 0.25) is 0 Å². The molecule has 0 saturated carbocycles. The van der Waals surface area contributed by atoms with Gasteiger partial charge in [-0.2, -0.15) is 0 Å². The minimum absolute atomic E-state index is 0.251. The standard InChI is InChI=1S/C21H18N2O7/c1-2-29-15-8-6-14(7-9-15)23-20(27)17(19(26)22-21(23)28)11-13-4-3-5-16(10-13)30-12-18(24)25/h3-11H,2,12H2,1H3,(H,24,25)(H,22,26,28)/b17-11-. The molecule has 0 bridgehead atoms. The number of rotatable bonds is 7. The number of carbonyl (C=O) groups excluding carboxylic acids is 3. The number of nitrogens with zero attached hydrogens (tertiary/aromatic N) is 1. The maximum Gasteiger partial charge on any atom is 0.341 e. The first kappa shape index (κ1) is 20.6. The van der Waals surface area contributed by atoms with Crippen LogP contribution in [-0.2, 0) is 14.4 Å². The molecule has 1 heterocycles. The molecule has 2 aromatic rings. The number of carboxylic acid groups (broad SMARTS) is 1. The van der Waals surface area contributed by atoms with Gasteiger partial charge in [-0.05, 0) is 55.0 Å². The fourth-order valence-corrected chi connectivity index (χ4v) is 2.76. The van der Waals surface area contributed by atoms with E-state index >= 15 is 0 Å². The van der Waals surface area contributed by atoms with Crippen LogP contribution >= 0.6 is 0 Å². The minimum atomic E-state index is -1.13. The van der Waals surface area contributed by atoms with Gasteiger partial charge in [-0.3, -0.25) is 14.9 Å². The Kier molecular flexibility index (Phi) is 6.11. The first-order chi connectivity index (χ1) is 14.4.